The second kappa shape index (κ2) is 4.94. The molecule has 0 saturated carbocycles. The second-order valence-electron chi connectivity index (χ2n) is 4.19. The highest BCUT2D eigenvalue weighted by molar-refractivity contribution is 6.30. The number of halogens is 1. The standard InChI is InChI=1S/C12H14ClNO3/c1-17-11-3-2-10(13)4-8(11)5-14-6-9(7-14)12(15)16/h2-4,9H,5-7H2,1H3,(H,15,16). The highest BCUT2D eigenvalue weighted by Crippen LogP contribution is 2.26. The molecule has 1 aromatic rings. The highest BCUT2D eigenvalue weighted by Gasteiger charge is 2.32. The van der Waals surface area contributed by atoms with Crippen LogP contribution in [0.4, 0.5) is 0 Å². The number of benzene rings is 1. The molecule has 1 aliphatic heterocycles. The number of carboxylic acid groups (broad SMARTS) is 1. The Morgan fingerprint density at radius 3 is 2.88 bits per heavy atom. The average Bonchev–Trinajstić information content (AvgIpc) is 2.22. The number of rotatable bonds is 4. The predicted octanol–water partition coefficient (Wildman–Crippen LogP) is 1.86. The lowest BCUT2D eigenvalue weighted by Crippen LogP contribution is -2.49. The van der Waals surface area contributed by atoms with Gasteiger partial charge in [-0.1, -0.05) is 11.6 Å². The maximum Gasteiger partial charge on any atom is 0.309 e. The summed E-state index contributed by atoms with van der Waals surface area (Å²) < 4.78 is 5.24. The first-order valence-corrected chi connectivity index (χ1v) is 5.75. The highest BCUT2D eigenvalue weighted by atomic mass is 35.5. The average molecular weight is 256 g/mol. The Morgan fingerprint density at radius 2 is 2.29 bits per heavy atom. The molecule has 1 heterocycles. The van der Waals surface area contributed by atoms with E-state index in [1.165, 1.54) is 0 Å². The molecule has 1 fully saturated rings. The molecule has 4 nitrogen and oxygen atoms in total. The minimum Gasteiger partial charge on any atom is -0.496 e. The molecule has 92 valence electrons. The summed E-state index contributed by atoms with van der Waals surface area (Å²) >= 11 is 5.93. The quantitative estimate of drug-likeness (QED) is 0.892. The molecule has 0 unspecified atom stereocenters. The van der Waals surface area contributed by atoms with Crippen molar-refractivity contribution in [3.8, 4) is 5.75 Å². The molecular formula is C12H14ClNO3. The number of aliphatic carboxylic acids is 1. The van der Waals surface area contributed by atoms with Crippen molar-refractivity contribution in [1.29, 1.82) is 0 Å². The Balaban J connectivity index is 2.00. The summed E-state index contributed by atoms with van der Waals surface area (Å²) in [6.07, 6.45) is 0. The van der Waals surface area contributed by atoms with Crippen LogP contribution in [-0.4, -0.2) is 36.2 Å². The number of carbonyl (C=O) groups is 1. The lowest BCUT2D eigenvalue weighted by molar-refractivity contribution is -0.147. The van der Waals surface area contributed by atoms with Crippen molar-refractivity contribution < 1.29 is 14.6 Å². The van der Waals surface area contributed by atoms with Gasteiger partial charge in [-0.2, -0.15) is 0 Å². The Labute approximate surface area is 105 Å². The topological polar surface area (TPSA) is 49.8 Å². The maximum atomic E-state index is 10.7. The largest absolute Gasteiger partial charge is 0.496 e. The van der Waals surface area contributed by atoms with E-state index in [4.69, 9.17) is 21.4 Å². The number of nitrogens with zero attached hydrogens (tertiary/aromatic N) is 1. The normalized spacial score (nSPS) is 16.6. The molecule has 0 spiro atoms. The van der Waals surface area contributed by atoms with Gasteiger partial charge in [-0.25, -0.2) is 0 Å². The van der Waals surface area contributed by atoms with Crippen LogP contribution in [0.2, 0.25) is 5.02 Å². The summed E-state index contributed by atoms with van der Waals surface area (Å²) in [5.74, 6) is -0.173. The van der Waals surface area contributed by atoms with E-state index in [1.807, 2.05) is 12.1 Å². The summed E-state index contributed by atoms with van der Waals surface area (Å²) in [5.41, 5.74) is 0.990. The summed E-state index contributed by atoms with van der Waals surface area (Å²) in [5, 5.41) is 9.45. The molecule has 0 aliphatic carbocycles. The number of methoxy groups -OCH3 is 1. The van der Waals surface area contributed by atoms with Crippen molar-refractivity contribution >= 4 is 17.6 Å². The number of hydrogen-bond acceptors (Lipinski definition) is 3. The fourth-order valence-corrected chi connectivity index (χ4v) is 2.16. The van der Waals surface area contributed by atoms with Gasteiger partial charge in [0.25, 0.3) is 0 Å². The fourth-order valence-electron chi connectivity index (χ4n) is 1.97. The van der Waals surface area contributed by atoms with Crippen molar-refractivity contribution in [3.05, 3.63) is 28.8 Å². The molecular weight excluding hydrogens is 242 g/mol. The van der Waals surface area contributed by atoms with Crippen molar-refractivity contribution in [1.82, 2.24) is 4.90 Å². The van der Waals surface area contributed by atoms with Gasteiger partial charge in [-0.15, -0.1) is 0 Å². The third kappa shape index (κ3) is 2.70. The van der Waals surface area contributed by atoms with Gasteiger partial charge < -0.3 is 9.84 Å². The van der Waals surface area contributed by atoms with E-state index in [0.29, 0.717) is 24.7 Å². The minimum atomic E-state index is -0.723. The first-order valence-electron chi connectivity index (χ1n) is 5.37. The zero-order chi connectivity index (χ0) is 12.4. The first-order chi connectivity index (χ1) is 8.10. The van der Waals surface area contributed by atoms with E-state index < -0.39 is 5.97 Å². The molecule has 0 bridgehead atoms. The van der Waals surface area contributed by atoms with E-state index in [2.05, 4.69) is 4.90 Å². The molecule has 2 rings (SSSR count). The zero-order valence-corrected chi connectivity index (χ0v) is 10.3. The maximum absolute atomic E-state index is 10.7. The zero-order valence-electron chi connectivity index (χ0n) is 9.52. The van der Waals surface area contributed by atoms with E-state index in [1.54, 1.807) is 13.2 Å². The predicted molar refractivity (Wildman–Crippen MR) is 64.4 cm³/mol. The fraction of sp³-hybridized carbons (Fsp3) is 0.417. The van der Waals surface area contributed by atoms with Crippen LogP contribution in [0.15, 0.2) is 18.2 Å². The lowest BCUT2D eigenvalue weighted by Gasteiger charge is -2.36. The van der Waals surface area contributed by atoms with Gasteiger partial charge in [-0.05, 0) is 18.2 Å². The van der Waals surface area contributed by atoms with E-state index >= 15 is 0 Å². The molecule has 1 saturated heterocycles. The summed E-state index contributed by atoms with van der Waals surface area (Å²) in [7, 11) is 1.61. The summed E-state index contributed by atoms with van der Waals surface area (Å²) in [6, 6.07) is 5.46. The molecule has 0 atom stereocenters. The van der Waals surface area contributed by atoms with Crippen LogP contribution >= 0.6 is 11.6 Å². The Kier molecular flexibility index (Phi) is 3.54. The van der Waals surface area contributed by atoms with Gasteiger partial charge in [-0.3, -0.25) is 9.69 Å². The van der Waals surface area contributed by atoms with Crippen LogP contribution in [0.5, 0.6) is 5.75 Å². The van der Waals surface area contributed by atoms with Crippen LogP contribution < -0.4 is 4.74 Å². The molecule has 5 heteroatoms. The van der Waals surface area contributed by atoms with Gasteiger partial charge in [0.05, 0.1) is 13.0 Å². The number of likely N-dealkylation sites (tertiary alicyclic amines) is 1. The lowest BCUT2D eigenvalue weighted by atomic mass is 9.99. The van der Waals surface area contributed by atoms with Gasteiger partial charge in [0.1, 0.15) is 5.75 Å². The SMILES string of the molecule is COc1ccc(Cl)cc1CN1CC(C(=O)O)C1. The van der Waals surface area contributed by atoms with Gasteiger partial charge in [0.2, 0.25) is 0 Å². The van der Waals surface area contributed by atoms with Crippen LogP contribution in [0.25, 0.3) is 0 Å². The van der Waals surface area contributed by atoms with Crippen LogP contribution in [-0.2, 0) is 11.3 Å². The molecule has 0 aromatic heterocycles. The molecule has 0 radical (unpaired) electrons. The number of carboxylic acids is 1. The summed E-state index contributed by atoms with van der Waals surface area (Å²) in [6.45, 7) is 1.85. The third-order valence-electron chi connectivity index (χ3n) is 2.94. The number of ether oxygens (including phenoxy) is 1. The molecule has 1 aromatic carbocycles. The molecule has 0 amide bonds. The second-order valence-corrected chi connectivity index (χ2v) is 4.62. The van der Waals surface area contributed by atoms with Crippen LogP contribution in [0.3, 0.4) is 0 Å². The van der Waals surface area contributed by atoms with Crippen LogP contribution in [0.1, 0.15) is 5.56 Å². The van der Waals surface area contributed by atoms with Crippen LogP contribution in [0, 0.1) is 5.92 Å². The van der Waals surface area contributed by atoms with Crippen molar-refractivity contribution in [2.45, 2.75) is 6.54 Å². The van der Waals surface area contributed by atoms with E-state index in [-0.39, 0.29) is 5.92 Å². The monoisotopic (exact) mass is 255 g/mol. The number of hydrogen-bond donors (Lipinski definition) is 1. The summed E-state index contributed by atoms with van der Waals surface area (Å²) in [4.78, 5) is 12.7. The van der Waals surface area contributed by atoms with E-state index in [0.717, 1.165) is 11.3 Å². The Bertz CT molecular complexity index is 430. The Morgan fingerprint density at radius 1 is 1.59 bits per heavy atom. The molecule has 1 N–H and O–H groups in total. The first kappa shape index (κ1) is 12.2. The molecule has 17 heavy (non-hydrogen) atoms. The smallest absolute Gasteiger partial charge is 0.309 e. The molecule has 1 aliphatic rings. The minimum absolute atomic E-state index is 0.236. The van der Waals surface area contributed by atoms with Crippen molar-refractivity contribution in [3.63, 3.8) is 0 Å². The third-order valence-corrected chi connectivity index (χ3v) is 3.18. The van der Waals surface area contributed by atoms with E-state index in [9.17, 15) is 4.79 Å². The van der Waals surface area contributed by atoms with Crippen molar-refractivity contribution in [2.75, 3.05) is 20.2 Å². The van der Waals surface area contributed by atoms with Gasteiger partial charge in [0.15, 0.2) is 0 Å². The van der Waals surface area contributed by atoms with Gasteiger partial charge in [0, 0.05) is 30.2 Å². The van der Waals surface area contributed by atoms with Crippen molar-refractivity contribution in [2.24, 2.45) is 5.92 Å². The Hall–Kier alpha value is -1.26. The van der Waals surface area contributed by atoms with Gasteiger partial charge >= 0.3 is 5.97 Å².